The summed E-state index contributed by atoms with van der Waals surface area (Å²) >= 11 is 0. The summed E-state index contributed by atoms with van der Waals surface area (Å²) in [6, 6.07) is -0.530. The Bertz CT molecular complexity index is 172. The Hall–Kier alpha value is -0.770. The van der Waals surface area contributed by atoms with E-state index in [4.69, 9.17) is 5.73 Å². The van der Waals surface area contributed by atoms with Crippen LogP contribution >= 0.6 is 0 Å². The molecule has 1 fully saturated rings. The highest BCUT2D eigenvalue weighted by atomic mass is 16.3. The number of nitrogens with two attached hydrogens (primary N) is 1. The van der Waals surface area contributed by atoms with E-state index in [-0.39, 0.29) is 6.04 Å². The summed E-state index contributed by atoms with van der Waals surface area (Å²) in [6.07, 6.45) is 3.36. The van der Waals surface area contributed by atoms with Gasteiger partial charge in [-0.15, -0.1) is 0 Å². The largest absolute Gasteiger partial charge is 0.391 e. The minimum Gasteiger partial charge on any atom is -0.391 e. The van der Waals surface area contributed by atoms with Crippen LogP contribution in [0.2, 0.25) is 0 Å². The molecule has 0 bridgehead atoms. The summed E-state index contributed by atoms with van der Waals surface area (Å²) in [4.78, 5) is 12.2. The molecular formula is C8H16N2O2. The van der Waals surface area contributed by atoms with E-state index in [9.17, 15) is 9.90 Å². The first-order chi connectivity index (χ1) is 5.63. The van der Waals surface area contributed by atoms with E-state index in [0.717, 1.165) is 25.7 Å². The topological polar surface area (TPSA) is 66.6 Å². The fourth-order valence-corrected chi connectivity index (χ4v) is 1.71. The lowest BCUT2D eigenvalue weighted by molar-refractivity contribution is 0.0484. The molecule has 0 aromatic heterocycles. The van der Waals surface area contributed by atoms with Crippen LogP contribution in [0.15, 0.2) is 0 Å². The number of hydrogen-bond acceptors (Lipinski definition) is 2. The molecule has 2 amide bonds. The summed E-state index contributed by atoms with van der Waals surface area (Å²) in [6.45, 7) is 0. The average Bonchev–Trinajstić information content (AvgIpc) is 2.04. The van der Waals surface area contributed by atoms with Crippen LogP contribution in [0, 0.1) is 0 Å². The lowest BCUT2D eigenvalue weighted by Gasteiger charge is -2.33. The van der Waals surface area contributed by atoms with Gasteiger partial charge in [0.2, 0.25) is 0 Å². The second-order valence-corrected chi connectivity index (χ2v) is 3.37. The van der Waals surface area contributed by atoms with Crippen molar-refractivity contribution in [3.8, 4) is 0 Å². The van der Waals surface area contributed by atoms with Gasteiger partial charge in [0.05, 0.1) is 12.1 Å². The normalized spacial score (nSPS) is 29.8. The van der Waals surface area contributed by atoms with Gasteiger partial charge in [-0.25, -0.2) is 4.79 Å². The van der Waals surface area contributed by atoms with Gasteiger partial charge in [-0.05, 0) is 12.8 Å². The van der Waals surface area contributed by atoms with Crippen molar-refractivity contribution < 1.29 is 9.90 Å². The molecule has 0 aromatic rings. The van der Waals surface area contributed by atoms with Crippen molar-refractivity contribution in [2.75, 3.05) is 7.05 Å². The van der Waals surface area contributed by atoms with Crippen LogP contribution in [-0.4, -0.2) is 35.2 Å². The Kier molecular flexibility index (Phi) is 2.92. The van der Waals surface area contributed by atoms with Crippen molar-refractivity contribution in [3.05, 3.63) is 0 Å². The van der Waals surface area contributed by atoms with E-state index < -0.39 is 12.1 Å². The molecule has 4 nitrogen and oxygen atoms in total. The number of likely N-dealkylation sites (N-methyl/N-ethyl adjacent to an activating group) is 1. The molecule has 2 unspecified atom stereocenters. The Morgan fingerprint density at radius 1 is 1.50 bits per heavy atom. The van der Waals surface area contributed by atoms with E-state index in [1.54, 1.807) is 7.05 Å². The first kappa shape index (κ1) is 9.32. The van der Waals surface area contributed by atoms with Gasteiger partial charge in [0.25, 0.3) is 0 Å². The molecule has 2 atom stereocenters. The predicted octanol–water partition coefficient (Wildman–Crippen LogP) is 0.300. The summed E-state index contributed by atoms with van der Waals surface area (Å²) in [5, 5.41) is 9.54. The van der Waals surface area contributed by atoms with Crippen molar-refractivity contribution in [2.24, 2.45) is 5.73 Å². The molecule has 4 heteroatoms. The smallest absolute Gasteiger partial charge is 0.314 e. The third-order valence-electron chi connectivity index (χ3n) is 2.54. The monoisotopic (exact) mass is 172 g/mol. The van der Waals surface area contributed by atoms with Crippen LogP contribution in [0.1, 0.15) is 25.7 Å². The van der Waals surface area contributed by atoms with Crippen LogP contribution < -0.4 is 5.73 Å². The lowest BCUT2D eigenvalue weighted by Crippen LogP contribution is -2.48. The highest BCUT2D eigenvalue weighted by Crippen LogP contribution is 2.21. The number of amides is 2. The molecular weight excluding hydrogens is 156 g/mol. The number of carbonyl (C=O) groups is 1. The van der Waals surface area contributed by atoms with Gasteiger partial charge in [0, 0.05) is 7.05 Å². The molecule has 12 heavy (non-hydrogen) atoms. The minimum atomic E-state index is -0.457. The molecule has 1 rings (SSSR count). The Morgan fingerprint density at radius 2 is 2.08 bits per heavy atom. The average molecular weight is 172 g/mol. The molecule has 0 aliphatic heterocycles. The van der Waals surface area contributed by atoms with Crippen molar-refractivity contribution in [2.45, 2.75) is 37.8 Å². The van der Waals surface area contributed by atoms with Crippen molar-refractivity contribution in [3.63, 3.8) is 0 Å². The van der Waals surface area contributed by atoms with Crippen molar-refractivity contribution in [1.82, 2.24) is 4.90 Å². The van der Waals surface area contributed by atoms with Gasteiger partial charge >= 0.3 is 6.03 Å². The Balaban J connectivity index is 2.53. The molecule has 0 saturated heterocycles. The second-order valence-electron chi connectivity index (χ2n) is 3.37. The second kappa shape index (κ2) is 3.76. The standard InChI is InChI=1S/C8H16N2O2/c1-10(8(9)12)6-4-2-3-5-7(6)11/h6-7,11H,2-5H2,1H3,(H2,9,12). The number of aliphatic hydroxyl groups is 1. The zero-order chi connectivity index (χ0) is 9.14. The highest BCUT2D eigenvalue weighted by molar-refractivity contribution is 5.72. The maximum Gasteiger partial charge on any atom is 0.314 e. The highest BCUT2D eigenvalue weighted by Gasteiger charge is 2.27. The zero-order valence-corrected chi connectivity index (χ0v) is 7.36. The number of urea groups is 1. The number of rotatable bonds is 1. The van der Waals surface area contributed by atoms with E-state index in [1.165, 1.54) is 4.90 Å². The van der Waals surface area contributed by atoms with Gasteiger partial charge in [0.1, 0.15) is 0 Å². The van der Waals surface area contributed by atoms with Crippen LogP contribution in [0.3, 0.4) is 0 Å². The molecule has 70 valence electrons. The minimum absolute atomic E-state index is 0.0729. The van der Waals surface area contributed by atoms with E-state index in [2.05, 4.69) is 0 Å². The summed E-state index contributed by atoms with van der Waals surface area (Å²) in [5.74, 6) is 0. The molecule has 1 aliphatic carbocycles. The summed E-state index contributed by atoms with van der Waals surface area (Å²) in [5.41, 5.74) is 5.10. The summed E-state index contributed by atoms with van der Waals surface area (Å²) < 4.78 is 0. The molecule has 1 aliphatic rings. The van der Waals surface area contributed by atoms with Crippen LogP contribution in [0.4, 0.5) is 4.79 Å². The third kappa shape index (κ3) is 1.88. The maximum atomic E-state index is 10.8. The SMILES string of the molecule is CN(C(N)=O)C1CCCCC1O. The number of hydrogen-bond donors (Lipinski definition) is 2. The lowest BCUT2D eigenvalue weighted by atomic mass is 9.92. The molecule has 1 saturated carbocycles. The fourth-order valence-electron chi connectivity index (χ4n) is 1.71. The van der Waals surface area contributed by atoms with Crippen molar-refractivity contribution >= 4 is 6.03 Å². The molecule has 0 aromatic carbocycles. The number of nitrogens with zero attached hydrogens (tertiary/aromatic N) is 1. The number of carbonyl (C=O) groups excluding carboxylic acids is 1. The molecule has 3 N–H and O–H groups in total. The van der Waals surface area contributed by atoms with Crippen LogP contribution in [0.25, 0.3) is 0 Å². The van der Waals surface area contributed by atoms with Gasteiger partial charge in [-0.3, -0.25) is 0 Å². The van der Waals surface area contributed by atoms with Crippen LogP contribution in [0.5, 0.6) is 0 Å². The van der Waals surface area contributed by atoms with Crippen LogP contribution in [-0.2, 0) is 0 Å². The Labute approximate surface area is 72.3 Å². The van der Waals surface area contributed by atoms with E-state index >= 15 is 0 Å². The van der Waals surface area contributed by atoms with E-state index in [1.807, 2.05) is 0 Å². The van der Waals surface area contributed by atoms with Gasteiger partial charge in [-0.1, -0.05) is 12.8 Å². The van der Waals surface area contributed by atoms with Gasteiger partial charge < -0.3 is 15.7 Å². The van der Waals surface area contributed by atoms with E-state index in [0.29, 0.717) is 0 Å². The fraction of sp³-hybridized carbons (Fsp3) is 0.875. The third-order valence-corrected chi connectivity index (χ3v) is 2.54. The predicted molar refractivity (Wildman–Crippen MR) is 45.6 cm³/mol. The first-order valence-corrected chi connectivity index (χ1v) is 4.33. The zero-order valence-electron chi connectivity index (χ0n) is 7.36. The number of primary amides is 1. The summed E-state index contributed by atoms with van der Waals surface area (Å²) in [7, 11) is 1.64. The Morgan fingerprint density at radius 3 is 2.58 bits per heavy atom. The van der Waals surface area contributed by atoms with Gasteiger partial charge in [0.15, 0.2) is 0 Å². The molecule has 0 radical (unpaired) electrons. The quantitative estimate of drug-likeness (QED) is 0.597. The van der Waals surface area contributed by atoms with Crippen molar-refractivity contribution in [1.29, 1.82) is 0 Å². The molecule has 0 heterocycles. The molecule has 0 spiro atoms. The number of aliphatic hydroxyl groups excluding tert-OH is 1. The first-order valence-electron chi connectivity index (χ1n) is 4.33. The van der Waals surface area contributed by atoms with Gasteiger partial charge in [-0.2, -0.15) is 0 Å². The maximum absolute atomic E-state index is 10.8.